The summed E-state index contributed by atoms with van der Waals surface area (Å²) in [6.07, 6.45) is 2.02. The molecule has 1 aromatic carbocycles. The predicted octanol–water partition coefficient (Wildman–Crippen LogP) is 5.90. The quantitative estimate of drug-likeness (QED) is 0.518. The van der Waals surface area contributed by atoms with Crippen LogP contribution in [0.4, 0.5) is 0 Å². The molecule has 3 aromatic rings. The normalized spacial score (nSPS) is 15.7. The number of aryl methyl sites for hydroxylation is 1. The van der Waals surface area contributed by atoms with E-state index in [1.807, 2.05) is 56.4 Å². The third kappa shape index (κ3) is 4.36. The van der Waals surface area contributed by atoms with Crippen LogP contribution in [0.2, 0.25) is 19.6 Å². The third-order valence-corrected chi connectivity index (χ3v) is 7.22. The van der Waals surface area contributed by atoms with Crippen molar-refractivity contribution in [3.8, 4) is 11.3 Å². The highest BCUT2D eigenvalue weighted by Crippen LogP contribution is 2.33. The van der Waals surface area contributed by atoms with E-state index in [0.29, 0.717) is 0 Å². The lowest BCUT2D eigenvalue weighted by atomic mass is 9.86. The van der Waals surface area contributed by atoms with Crippen molar-refractivity contribution in [2.24, 2.45) is 0 Å². The largest absolute Gasteiger partial charge is 0.258 e. The molecule has 0 radical (unpaired) electrons. The molecule has 3 rings (SSSR count). The number of aromatic nitrogens is 2. The molecule has 0 saturated heterocycles. The standard InChI is InChI=1S/C24H30N2Si/c1-17-11-10-14-22(26-17)19(3)18(2)21-15-23(20-12-8-7-9-13-20)25-16-24(21)27(4,5)6/h7-16,18-19H,1-6H3/i18D. The van der Waals surface area contributed by atoms with Crippen LogP contribution < -0.4 is 5.19 Å². The van der Waals surface area contributed by atoms with Crippen LogP contribution in [0.15, 0.2) is 60.8 Å². The van der Waals surface area contributed by atoms with Crippen LogP contribution in [0.1, 0.15) is 44.0 Å². The average Bonchev–Trinajstić information content (AvgIpc) is 2.67. The molecule has 27 heavy (non-hydrogen) atoms. The molecular formula is C24H30N2Si. The van der Waals surface area contributed by atoms with Gasteiger partial charge in [0.1, 0.15) is 0 Å². The Morgan fingerprint density at radius 1 is 0.963 bits per heavy atom. The molecule has 2 nitrogen and oxygen atoms in total. The summed E-state index contributed by atoms with van der Waals surface area (Å²) in [5.74, 6) is -0.836. The van der Waals surface area contributed by atoms with Crippen molar-refractivity contribution in [3.05, 3.63) is 77.7 Å². The van der Waals surface area contributed by atoms with Crippen LogP contribution in [-0.4, -0.2) is 18.0 Å². The predicted molar refractivity (Wildman–Crippen MR) is 118 cm³/mol. The Morgan fingerprint density at radius 2 is 1.67 bits per heavy atom. The minimum atomic E-state index is -1.67. The van der Waals surface area contributed by atoms with Gasteiger partial charge in [-0.3, -0.25) is 9.97 Å². The molecule has 0 fully saturated rings. The maximum atomic E-state index is 9.42. The van der Waals surface area contributed by atoms with Gasteiger partial charge in [-0.15, -0.1) is 0 Å². The molecule has 140 valence electrons. The molecule has 0 aliphatic rings. The van der Waals surface area contributed by atoms with Crippen LogP contribution in [0.5, 0.6) is 0 Å². The molecule has 2 unspecified atom stereocenters. The minimum absolute atomic E-state index is 0.0338. The fourth-order valence-corrected chi connectivity index (χ4v) is 4.94. The van der Waals surface area contributed by atoms with Crippen molar-refractivity contribution in [1.29, 1.82) is 0 Å². The second-order valence-electron chi connectivity index (χ2n) is 8.34. The van der Waals surface area contributed by atoms with Crippen molar-refractivity contribution in [3.63, 3.8) is 0 Å². The van der Waals surface area contributed by atoms with Crippen LogP contribution in [0.3, 0.4) is 0 Å². The summed E-state index contributed by atoms with van der Waals surface area (Å²) in [6, 6.07) is 18.4. The molecule has 0 saturated carbocycles. The summed E-state index contributed by atoms with van der Waals surface area (Å²) >= 11 is 0. The lowest BCUT2D eigenvalue weighted by Gasteiger charge is -2.28. The van der Waals surface area contributed by atoms with E-state index in [2.05, 4.69) is 44.8 Å². The molecule has 2 atom stereocenters. The molecule has 0 amide bonds. The number of nitrogens with zero attached hydrogens (tertiary/aromatic N) is 2. The zero-order chi connectivity index (χ0) is 20.5. The van der Waals surface area contributed by atoms with E-state index < -0.39 is 14.0 Å². The Hall–Kier alpha value is -2.26. The SMILES string of the molecule is [2H]C(C)(c1cc(-c2ccccc2)ncc1[Si](C)(C)C)C(C)c1cccc(C)n1. The molecular weight excluding hydrogens is 344 g/mol. The molecule has 0 bridgehead atoms. The number of hydrogen-bond donors (Lipinski definition) is 0. The van der Waals surface area contributed by atoms with Crippen molar-refractivity contribution in [1.82, 2.24) is 9.97 Å². The summed E-state index contributed by atoms with van der Waals surface area (Å²) in [7, 11) is -1.67. The first kappa shape index (κ1) is 18.1. The van der Waals surface area contributed by atoms with Gasteiger partial charge in [0.05, 0.1) is 13.8 Å². The van der Waals surface area contributed by atoms with Gasteiger partial charge in [-0.2, -0.15) is 0 Å². The summed E-state index contributed by atoms with van der Waals surface area (Å²) in [4.78, 5) is 9.48. The zero-order valence-corrected chi connectivity index (χ0v) is 18.2. The van der Waals surface area contributed by atoms with E-state index in [9.17, 15) is 1.37 Å². The van der Waals surface area contributed by atoms with E-state index in [-0.39, 0.29) is 5.92 Å². The Kier molecular flexibility index (Phi) is 5.21. The highest BCUT2D eigenvalue weighted by atomic mass is 28.3. The first-order valence-electron chi connectivity index (χ1n) is 10.1. The van der Waals surface area contributed by atoms with Crippen molar-refractivity contribution < 1.29 is 1.37 Å². The fraction of sp³-hybridized carbons (Fsp3) is 0.333. The van der Waals surface area contributed by atoms with Gasteiger partial charge >= 0.3 is 0 Å². The summed E-state index contributed by atoms with van der Waals surface area (Å²) in [5, 5.41) is 1.25. The Bertz CT molecular complexity index is 962. The molecule has 0 aliphatic carbocycles. The Balaban J connectivity index is 2.16. The maximum Gasteiger partial charge on any atom is 0.0799 e. The van der Waals surface area contributed by atoms with Gasteiger partial charge in [0.15, 0.2) is 0 Å². The lowest BCUT2D eigenvalue weighted by Crippen LogP contribution is -2.41. The second-order valence-corrected chi connectivity index (χ2v) is 13.4. The second kappa shape index (κ2) is 7.77. The maximum absolute atomic E-state index is 9.42. The van der Waals surface area contributed by atoms with Crippen LogP contribution >= 0.6 is 0 Å². The van der Waals surface area contributed by atoms with Crippen LogP contribution in [0, 0.1) is 6.92 Å². The number of pyridine rings is 2. The van der Waals surface area contributed by atoms with Crippen molar-refractivity contribution >= 4 is 13.3 Å². The molecule has 0 spiro atoms. The number of benzene rings is 1. The van der Waals surface area contributed by atoms with E-state index in [1.165, 1.54) is 5.19 Å². The third-order valence-electron chi connectivity index (χ3n) is 5.21. The van der Waals surface area contributed by atoms with Gasteiger partial charge in [-0.05, 0) is 41.8 Å². The highest BCUT2D eigenvalue weighted by Gasteiger charge is 2.27. The van der Waals surface area contributed by atoms with Gasteiger partial charge < -0.3 is 0 Å². The Labute approximate surface area is 166 Å². The topological polar surface area (TPSA) is 25.8 Å². The molecule has 0 aliphatic heterocycles. The number of hydrogen-bond acceptors (Lipinski definition) is 2. The van der Waals surface area contributed by atoms with E-state index in [4.69, 9.17) is 9.97 Å². The zero-order valence-electron chi connectivity index (χ0n) is 18.2. The van der Waals surface area contributed by atoms with Crippen molar-refractivity contribution in [2.45, 2.75) is 52.2 Å². The summed E-state index contributed by atoms with van der Waals surface area (Å²) in [5.41, 5.74) is 5.06. The van der Waals surface area contributed by atoms with Gasteiger partial charge in [-0.1, -0.05) is 69.9 Å². The van der Waals surface area contributed by atoms with Gasteiger partial charge in [0.2, 0.25) is 0 Å². The summed E-state index contributed by atoms with van der Waals surface area (Å²) < 4.78 is 9.42. The monoisotopic (exact) mass is 375 g/mol. The molecule has 2 aromatic heterocycles. The highest BCUT2D eigenvalue weighted by molar-refractivity contribution is 6.89. The first-order chi connectivity index (χ1) is 13.1. The lowest BCUT2D eigenvalue weighted by molar-refractivity contribution is 0.608. The molecule has 0 N–H and O–H groups in total. The van der Waals surface area contributed by atoms with E-state index >= 15 is 0 Å². The number of rotatable bonds is 5. The minimum Gasteiger partial charge on any atom is -0.258 e. The van der Waals surface area contributed by atoms with E-state index in [1.54, 1.807) is 0 Å². The van der Waals surface area contributed by atoms with Crippen LogP contribution in [0.25, 0.3) is 11.3 Å². The van der Waals surface area contributed by atoms with E-state index in [0.717, 1.165) is 28.2 Å². The van der Waals surface area contributed by atoms with Crippen molar-refractivity contribution in [2.75, 3.05) is 0 Å². The fourth-order valence-electron chi connectivity index (χ4n) is 3.41. The van der Waals surface area contributed by atoms with Gasteiger partial charge in [-0.25, -0.2) is 0 Å². The van der Waals surface area contributed by atoms with Gasteiger partial charge in [0.25, 0.3) is 0 Å². The molecule has 2 heterocycles. The average molecular weight is 376 g/mol. The Morgan fingerprint density at radius 3 is 2.30 bits per heavy atom. The summed E-state index contributed by atoms with van der Waals surface area (Å²) in [6.45, 7) is 13.1. The molecule has 3 heteroatoms. The smallest absolute Gasteiger partial charge is 0.0799 e. The van der Waals surface area contributed by atoms with Gasteiger partial charge in [0, 0.05) is 30.4 Å². The first-order valence-corrected chi connectivity index (χ1v) is 13.1. The van der Waals surface area contributed by atoms with Crippen LogP contribution in [-0.2, 0) is 0 Å².